The molecule has 3 heteroatoms. The highest BCUT2D eigenvalue weighted by atomic mass is 15.1. The summed E-state index contributed by atoms with van der Waals surface area (Å²) in [6.45, 7) is 6.37. The second kappa shape index (κ2) is 5.80. The molecule has 0 amide bonds. The van der Waals surface area contributed by atoms with Gasteiger partial charge in [-0.05, 0) is 24.1 Å². The first-order valence-electron chi connectivity index (χ1n) is 7.72. The topological polar surface area (TPSA) is 29.9 Å². The zero-order valence-electron chi connectivity index (χ0n) is 12.4. The van der Waals surface area contributed by atoms with E-state index in [1.807, 2.05) is 0 Å². The number of nitrogens with one attached hydrogen (secondary N) is 1. The van der Waals surface area contributed by atoms with E-state index in [1.165, 1.54) is 34.9 Å². The van der Waals surface area contributed by atoms with Crippen molar-refractivity contribution in [1.82, 2.24) is 14.9 Å². The number of rotatable bonds is 4. The van der Waals surface area contributed by atoms with Gasteiger partial charge in [0.25, 0.3) is 0 Å². The Morgan fingerprint density at radius 1 is 1.20 bits per heavy atom. The molecule has 1 aromatic carbocycles. The molecule has 0 spiro atoms. The van der Waals surface area contributed by atoms with Crippen LogP contribution in [0.4, 0.5) is 0 Å². The zero-order valence-corrected chi connectivity index (χ0v) is 12.4. The fourth-order valence-electron chi connectivity index (χ4n) is 3.01. The first kappa shape index (κ1) is 13.4. The molecular weight excluding hydrogens is 246 g/mol. The Bertz CT molecular complexity index is 581. The minimum absolute atomic E-state index is 0.906. The Kier molecular flexibility index (Phi) is 3.88. The number of hydrogen-bond donors (Lipinski definition) is 1. The summed E-state index contributed by atoms with van der Waals surface area (Å²) in [5.74, 6) is 1.18. The highest BCUT2D eigenvalue weighted by Gasteiger charge is 2.19. The molecule has 0 unspecified atom stereocenters. The Hall–Kier alpha value is -1.61. The average molecular weight is 269 g/mol. The van der Waals surface area contributed by atoms with E-state index in [2.05, 4.69) is 48.0 Å². The summed E-state index contributed by atoms with van der Waals surface area (Å²) in [4.78, 5) is 4.80. The molecule has 0 bridgehead atoms. The Morgan fingerprint density at radius 3 is 2.70 bits per heavy atom. The molecule has 106 valence electrons. The van der Waals surface area contributed by atoms with Crippen molar-refractivity contribution < 1.29 is 0 Å². The van der Waals surface area contributed by atoms with Gasteiger partial charge in [0.1, 0.15) is 5.82 Å². The van der Waals surface area contributed by atoms with Gasteiger partial charge in [0.2, 0.25) is 0 Å². The van der Waals surface area contributed by atoms with Crippen LogP contribution in [-0.4, -0.2) is 16.1 Å². The van der Waals surface area contributed by atoms with Crippen LogP contribution in [0.15, 0.2) is 24.3 Å². The van der Waals surface area contributed by atoms with Gasteiger partial charge in [-0.3, -0.25) is 0 Å². The van der Waals surface area contributed by atoms with Crippen LogP contribution in [-0.2, 0) is 25.8 Å². The molecule has 1 N–H and O–H groups in total. The van der Waals surface area contributed by atoms with Gasteiger partial charge in [-0.15, -0.1) is 0 Å². The molecule has 1 aliphatic heterocycles. The number of nitrogens with zero attached hydrogens (tertiary/aromatic N) is 2. The van der Waals surface area contributed by atoms with Crippen molar-refractivity contribution in [2.45, 2.75) is 46.1 Å². The van der Waals surface area contributed by atoms with Crippen LogP contribution in [0.25, 0.3) is 5.69 Å². The predicted molar refractivity (Wildman–Crippen MR) is 82.3 cm³/mol. The quantitative estimate of drug-likeness (QED) is 0.924. The van der Waals surface area contributed by atoms with E-state index in [1.54, 1.807) is 0 Å². The minimum atomic E-state index is 0.906. The number of aryl methyl sites for hydroxylation is 2. The maximum atomic E-state index is 4.80. The van der Waals surface area contributed by atoms with Crippen LogP contribution < -0.4 is 5.32 Å². The largest absolute Gasteiger partial charge is 0.311 e. The molecule has 3 nitrogen and oxygen atoms in total. The van der Waals surface area contributed by atoms with E-state index in [-0.39, 0.29) is 0 Å². The molecule has 0 aliphatic carbocycles. The van der Waals surface area contributed by atoms with Crippen LogP contribution in [0.2, 0.25) is 0 Å². The van der Waals surface area contributed by atoms with Crippen molar-refractivity contribution in [1.29, 1.82) is 0 Å². The number of imidazole rings is 1. The van der Waals surface area contributed by atoms with Crippen LogP contribution in [0, 0.1) is 0 Å². The molecule has 20 heavy (non-hydrogen) atoms. The van der Waals surface area contributed by atoms with E-state index < -0.39 is 0 Å². The summed E-state index contributed by atoms with van der Waals surface area (Å²) in [5, 5.41) is 3.41. The monoisotopic (exact) mass is 269 g/mol. The van der Waals surface area contributed by atoms with Gasteiger partial charge in [-0.1, -0.05) is 32.4 Å². The molecule has 2 aromatic rings. The number of hydrogen-bond acceptors (Lipinski definition) is 2. The van der Waals surface area contributed by atoms with Crippen LogP contribution >= 0.6 is 0 Å². The summed E-state index contributed by atoms with van der Waals surface area (Å²) in [6.07, 6.45) is 4.40. The predicted octanol–water partition coefficient (Wildman–Crippen LogP) is 3.03. The summed E-state index contributed by atoms with van der Waals surface area (Å²) in [5.41, 5.74) is 5.30. The fraction of sp³-hybridized carbons (Fsp3) is 0.471. The third-order valence-electron chi connectivity index (χ3n) is 4.01. The second-order valence-electron chi connectivity index (χ2n) is 5.45. The second-order valence-corrected chi connectivity index (χ2v) is 5.45. The maximum Gasteiger partial charge on any atom is 0.113 e. The van der Waals surface area contributed by atoms with Gasteiger partial charge in [-0.25, -0.2) is 4.98 Å². The normalized spacial score (nSPS) is 14.3. The standard InChI is InChI=1S/C17H23N3/c1-3-5-13-6-8-14(9-7-13)20-16-10-11-18-12-15(16)19-17(20)4-2/h6-9,18H,3-5,10-12H2,1-2H3. The fourth-order valence-corrected chi connectivity index (χ4v) is 3.01. The highest BCUT2D eigenvalue weighted by Crippen LogP contribution is 2.22. The molecule has 1 aromatic heterocycles. The molecule has 3 rings (SSSR count). The zero-order chi connectivity index (χ0) is 13.9. The summed E-state index contributed by atoms with van der Waals surface area (Å²) in [7, 11) is 0. The summed E-state index contributed by atoms with van der Waals surface area (Å²) < 4.78 is 2.37. The lowest BCUT2D eigenvalue weighted by Gasteiger charge is -2.16. The molecule has 1 aliphatic rings. The highest BCUT2D eigenvalue weighted by molar-refractivity contribution is 5.40. The van der Waals surface area contributed by atoms with Gasteiger partial charge >= 0.3 is 0 Å². The van der Waals surface area contributed by atoms with Crippen LogP contribution in [0.5, 0.6) is 0 Å². The SMILES string of the molecule is CCCc1ccc(-n2c(CC)nc3c2CCNC3)cc1. The van der Waals surface area contributed by atoms with Gasteiger partial charge in [0, 0.05) is 37.3 Å². The Labute approximate surface area is 121 Å². The number of benzene rings is 1. The van der Waals surface area contributed by atoms with E-state index >= 15 is 0 Å². The lowest BCUT2D eigenvalue weighted by Crippen LogP contribution is -2.24. The van der Waals surface area contributed by atoms with Crippen molar-refractivity contribution in [3.63, 3.8) is 0 Å². The first-order valence-corrected chi connectivity index (χ1v) is 7.72. The van der Waals surface area contributed by atoms with E-state index in [4.69, 9.17) is 4.98 Å². The van der Waals surface area contributed by atoms with Crippen molar-refractivity contribution >= 4 is 0 Å². The van der Waals surface area contributed by atoms with E-state index in [0.29, 0.717) is 0 Å². The minimum Gasteiger partial charge on any atom is -0.311 e. The van der Waals surface area contributed by atoms with Crippen LogP contribution in [0.1, 0.15) is 43.0 Å². The van der Waals surface area contributed by atoms with Crippen molar-refractivity contribution in [3.05, 3.63) is 47.0 Å². The third kappa shape index (κ3) is 2.38. The lowest BCUT2D eigenvalue weighted by atomic mass is 10.1. The van der Waals surface area contributed by atoms with Gasteiger partial charge < -0.3 is 9.88 Å². The van der Waals surface area contributed by atoms with Gasteiger partial charge in [0.05, 0.1) is 5.69 Å². The Morgan fingerprint density at radius 2 is 2.00 bits per heavy atom. The Balaban J connectivity index is 2.02. The summed E-state index contributed by atoms with van der Waals surface area (Å²) >= 11 is 0. The molecular formula is C17H23N3. The maximum absolute atomic E-state index is 4.80. The van der Waals surface area contributed by atoms with E-state index in [9.17, 15) is 0 Å². The van der Waals surface area contributed by atoms with E-state index in [0.717, 1.165) is 32.4 Å². The third-order valence-corrected chi connectivity index (χ3v) is 4.01. The number of aromatic nitrogens is 2. The molecule has 0 fully saturated rings. The molecule has 0 atom stereocenters. The average Bonchev–Trinajstić information content (AvgIpc) is 2.87. The van der Waals surface area contributed by atoms with Crippen molar-refractivity contribution in [2.75, 3.05) is 6.54 Å². The first-order chi connectivity index (χ1) is 9.83. The van der Waals surface area contributed by atoms with Crippen molar-refractivity contribution in [3.8, 4) is 5.69 Å². The lowest BCUT2D eigenvalue weighted by molar-refractivity contribution is 0.620. The summed E-state index contributed by atoms with van der Waals surface area (Å²) in [6, 6.07) is 9.00. The molecule has 0 saturated heterocycles. The van der Waals surface area contributed by atoms with Crippen molar-refractivity contribution in [2.24, 2.45) is 0 Å². The molecule has 0 saturated carbocycles. The van der Waals surface area contributed by atoms with Gasteiger partial charge in [-0.2, -0.15) is 0 Å². The number of fused-ring (bicyclic) bond motifs is 1. The molecule has 2 heterocycles. The molecule has 0 radical (unpaired) electrons. The van der Waals surface area contributed by atoms with Crippen LogP contribution in [0.3, 0.4) is 0 Å². The van der Waals surface area contributed by atoms with Gasteiger partial charge in [0.15, 0.2) is 0 Å². The smallest absolute Gasteiger partial charge is 0.113 e.